The van der Waals surface area contributed by atoms with Gasteiger partial charge in [-0.1, -0.05) is 271 Å². The van der Waals surface area contributed by atoms with Crippen molar-refractivity contribution in [3.05, 3.63) is 283 Å². The van der Waals surface area contributed by atoms with Crippen LogP contribution in [0, 0.1) is 6.33 Å². The van der Waals surface area contributed by atoms with E-state index in [4.69, 9.17) is 22.1 Å². The molecule has 0 bridgehead atoms. The number of para-hydroxylation sites is 1. The molecule has 0 saturated carbocycles. The summed E-state index contributed by atoms with van der Waals surface area (Å²) in [6, 6.07) is 18.0. The summed E-state index contributed by atoms with van der Waals surface area (Å²) >= 11 is 0. The van der Waals surface area contributed by atoms with E-state index in [0.29, 0.717) is 22.7 Å². The van der Waals surface area contributed by atoms with Crippen LogP contribution in [0.5, 0.6) is 11.5 Å². The van der Waals surface area contributed by atoms with Gasteiger partial charge in [0.25, 0.3) is 6.33 Å². The Hall–Kier alpha value is -9.36. The molecule has 0 radical (unpaired) electrons. The lowest BCUT2D eigenvalue weighted by Gasteiger charge is -2.38. The summed E-state index contributed by atoms with van der Waals surface area (Å²) in [6.45, 7) is 1.22. The van der Waals surface area contributed by atoms with Crippen molar-refractivity contribution >= 4 is 61.7 Å². The lowest BCUT2D eigenvalue weighted by Crippen LogP contribution is -2.76. The highest BCUT2D eigenvalue weighted by Crippen LogP contribution is 2.51. The first-order valence-corrected chi connectivity index (χ1v) is 31.9. The highest BCUT2D eigenvalue weighted by molar-refractivity contribution is 7.20. The standard InChI is InChI=1S/C85H82N4OSi/c1-81(2,3)60-40-36-57(37-41-60)58-39-45-75-77(49-58)87(63-26-25-27-64(53-63)90-65-42-43-70-69-34-23-24-35-74(69)89(76(70)54-65)79-52-61(46-47-86-79)82(4,5)6)56-88(75)80-71(59-38-44-72-73(48-59)85(12,13)55-84(72,10)11)50-62(83(7,8)9)51-78(80)91(66-28-17-14-18-29-66,67-30-19-15-20-31-67)68-32-21-16-22-33-68/h14-54H,55H2,1-13H3/i10D3,11D3,12D3,13D3,14D,15D,16D,17D,18D,19D,20D,21D,22D,28D,29D,30D,31D,32D,33D,38D,44D,48D. The minimum Gasteiger partial charge on any atom is -0.458 e. The van der Waals surface area contributed by atoms with E-state index >= 15 is 0 Å². The van der Waals surface area contributed by atoms with Crippen molar-refractivity contribution in [2.45, 2.75) is 123 Å². The van der Waals surface area contributed by atoms with E-state index in [1.807, 2.05) is 98.1 Å². The lowest BCUT2D eigenvalue weighted by molar-refractivity contribution is -0.570. The van der Waals surface area contributed by atoms with Crippen LogP contribution in [-0.2, 0) is 27.1 Å². The summed E-state index contributed by atoms with van der Waals surface area (Å²) in [6.07, 6.45) is 3.37. The molecule has 452 valence electrons. The molecule has 13 aromatic rings. The van der Waals surface area contributed by atoms with Gasteiger partial charge in [-0.15, -0.1) is 0 Å². The van der Waals surface area contributed by atoms with Crippen LogP contribution < -0.4 is 30.1 Å². The van der Waals surface area contributed by atoms with Gasteiger partial charge in [0.2, 0.25) is 0 Å². The molecule has 0 saturated heterocycles. The maximum absolute atomic E-state index is 10.9. The minimum atomic E-state index is -6.59. The maximum atomic E-state index is 10.9. The molecule has 3 heterocycles. The Kier molecular flexibility index (Phi) is 8.24. The molecule has 10 aromatic carbocycles. The number of rotatable bonds is 11. The Bertz CT molecular complexity index is 6250. The van der Waals surface area contributed by atoms with Crippen molar-refractivity contribution in [3.8, 4) is 50.9 Å². The van der Waals surface area contributed by atoms with Crippen molar-refractivity contribution in [2.24, 2.45) is 0 Å². The average Bonchev–Trinajstić information content (AvgIpc) is 1.47. The quantitative estimate of drug-likeness (QED) is 0.0560. The first kappa shape index (κ1) is 34.2. The highest BCUT2D eigenvalue weighted by atomic mass is 28.3. The van der Waals surface area contributed by atoms with Gasteiger partial charge in [0.05, 0.1) is 58.1 Å². The summed E-state index contributed by atoms with van der Waals surface area (Å²) in [5, 5.41) is -1.88. The first-order chi connectivity index (χ1) is 55.9. The number of imidazole rings is 1. The molecule has 0 fully saturated rings. The molecule has 1 aliphatic rings. The molecular weight excluding hydrogens is 1120 g/mol. The average molecular weight is 1230 g/mol. The lowest BCUT2D eigenvalue weighted by atomic mass is 9.81. The zero-order valence-electron chi connectivity index (χ0n) is 81.7. The molecule has 0 N–H and O–H groups in total. The Morgan fingerprint density at radius 1 is 0.516 bits per heavy atom. The largest absolute Gasteiger partial charge is 0.458 e. The Balaban J connectivity index is 1.23. The molecule has 0 atom stereocenters. The molecule has 91 heavy (non-hydrogen) atoms. The second-order valence-electron chi connectivity index (χ2n) is 26.5. The Morgan fingerprint density at radius 3 is 1.78 bits per heavy atom. The van der Waals surface area contributed by atoms with Crippen LogP contribution in [0.3, 0.4) is 0 Å². The molecule has 14 rings (SSSR count). The van der Waals surface area contributed by atoms with Crippen LogP contribution in [0.25, 0.3) is 72.3 Å². The topological polar surface area (TPSA) is 35.9 Å². The first-order valence-electron chi connectivity index (χ1n) is 44.9. The molecule has 0 spiro atoms. The third-order valence-electron chi connectivity index (χ3n) is 17.2. The SMILES string of the molecule is [2H]c1c([2H])c([2H])c([Si](c2cc(C(C)(C)C)cc(-c3c([2H])c([2H])c4c(c3[2H])C(C([2H])([2H])[2H])(C([2H])([2H])[2H])CC4(C([2H])([2H])[2H])C([2H])([2H])[2H])c2-[n+]2[c-]n(-c3cccc(Oc4ccc5c6ccccc6n(-c6cc(C(C)(C)C)ccn6)c5c4)c3)c3cc(-c4ccc(C(C)(C)C)cc4)ccc32)(c2c([2H])c([2H])c([2H])c([2H])c2[2H])c2c([2H])c([2H])c([2H])c([2H])c2[2H])c([2H])c1[2H]. The normalized spacial score (nSPS) is 19.4. The van der Waals surface area contributed by atoms with Gasteiger partial charge in [-0.25, -0.2) is 4.98 Å². The molecule has 0 amide bonds. The van der Waals surface area contributed by atoms with Gasteiger partial charge in [0.15, 0.2) is 8.07 Å². The van der Waals surface area contributed by atoms with Crippen molar-refractivity contribution < 1.29 is 50.4 Å². The zero-order chi connectivity index (χ0) is 89.1. The van der Waals surface area contributed by atoms with Crippen molar-refractivity contribution in [1.29, 1.82) is 0 Å². The monoisotopic (exact) mass is 1230 g/mol. The van der Waals surface area contributed by atoms with Crippen LogP contribution in [0.15, 0.2) is 248 Å². The summed E-state index contributed by atoms with van der Waals surface area (Å²) in [5.74, 6) is 1.18. The van der Waals surface area contributed by atoms with Crippen LogP contribution in [0.1, 0.15) is 165 Å². The van der Waals surface area contributed by atoms with Crippen LogP contribution in [0.2, 0.25) is 0 Å². The summed E-state index contributed by atoms with van der Waals surface area (Å²) in [7, 11) is -6.59. The smallest absolute Gasteiger partial charge is 0.269 e. The van der Waals surface area contributed by atoms with Gasteiger partial charge >= 0.3 is 0 Å². The second kappa shape index (κ2) is 22.0. The number of aromatic nitrogens is 4. The number of hydrogen-bond donors (Lipinski definition) is 0. The fraction of sp³-hybridized carbons (Fsp3) is 0.224. The summed E-state index contributed by atoms with van der Waals surface area (Å²) < 4.78 is 302. The van der Waals surface area contributed by atoms with Crippen molar-refractivity contribution in [3.63, 3.8) is 0 Å². The van der Waals surface area contributed by atoms with Gasteiger partial charge < -0.3 is 4.74 Å². The minimum absolute atomic E-state index is 0.0330. The molecule has 1 aliphatic carbocycles. The van der Waals surface area contributed by atoms with Crippen LogP contribution in [-0.4, -0.2) is 22.2 Å². The molecule has 0 unspecified atom stereocenters. The fourth-order valence-corrected chi connectivity index (χ4v) is 16.6. The van der Waals surface area contributed by atoms with Gasteiger partial charge in [0.1, 0.15) is 17.3 Å². The van der Waals surface area contributed by atoms with Gasteiger partial charge in [0, 0.05) is 39.5 Å². The molecular formula is C85H82N4OSi. The number of fused-ring (bicyclic) bond motifs is 5. The number of pyridine rings is 1. The summed E-state index contributed by atoms with van der Waals surface area (Å²) in [5.41, 5.74) is -9.36. The highest BCUT2D eigenvalue weighted by Gasteiger charge is 2.46. The number of benzene rings is 10. The summed E-state index contributed by atoms with van der Waals surface area (Å²) in [4.78, 5) is 4.86. The number of ether oxygens (including phenoxy) is 1. The molecule has 3 aromatic heterocycles. The third-order valence-corrected chi connectivity index (χ3v) is 21.4. The van der Waals surface area contributed by atoms with Crippen LogP contribution >= 0.6 is 0 Å². The third kappa shape index (κ3) is 10.4. The predicted molar refractivity (Wildman–Crippen MR) is 384 cm³/mol. The number of nitrogens with zero attached hydrogens (tertiary/aromatic N) is 4. The van der Waals surface area contributed by atoms with E-state index in [0.717, 1.165) is 32.9 Å². The van der Waals surface area contributed by atoms with E-state index in [9.17, 15) is 28.8 Å². The molecule has 0 aliphatic heterocycles. The second-order valence-corrected chi connectivity index (χ2v) is 30.0. The Morgan fingerprint density at radius 2 is 1.13 bits per heavy atom. The van der Waals surface area contributed by atoms with Gasteiger partial charge in [-0.3, -0.25) is 13.7 Å². The number of hydrogen-bond acceptors (Lipinski definition) is 2. The van der Waals surface area contributed by atoms with E-state index in [1.54, 1.807) is 75.5 Å². The predicted octanol–water partition coefficient (Wildman–Crippen LogP) is 18.6. The van der Waals surface area contributed by atoms with Gasteiger partial charge in [-0.2, -0.15) is 0 Å². The van der Waals surface area contributed by atoms with E-state index < -0.39 is 216 Å². The molecule has 6 heteroatoms. The van der Waals surface area contributed by atoms with Gasteiger partial charge in [-0.05, 0) is 159 Å². The zero-order valence-corrected chi connectivity index (χ0v) is 52.7. The molecule has 5 nitrogen and oxygen atoms in total. The van der Waals surface area contributed by atoms with Crippen molar-refractivity contribution in [1.82, 2.24) is 14.1 Å². The Labute approximate surface area is 581 Å². The van der Waals surface area contributed by atoms with E-state index in [-0.39, 0.29) is 38.9 Å². The van der Waals surface area contributed by atoms with Crippen LogP contribution in [0.4, 0.5) is 0 Å². The van der Waals surface area contributed by atoms with Crippen molar-refractivity contribution in [2.75, 3.05) is 0 Å². The van der Waals surface area contributed by atoms with E-state index in [1.165, 1.54) is 21.3 Å². The maximum Gasteiger partial charge on any atom is 0.269 e. The fourth-order valence-electron chi connectivity index (χ4n) is 12.5. The van der Waals surface area contributed by atoms with E-state index in [2.05, 4.69) is 27.1 Å².